The number of nitrogens with one attached hydrogen (secondary N) is 1. The molecule has 0 aromatic heterocycles. The van der Waals surface area contributed by atoms with Crippen molar-refractivity contribution in [2.75, 3.05) is 13.2 Å². The summed E-state index contributed by atoms with van der Waals surface area (Å²) in [4.78, 5) is 0. The van der Waals surface area contributed by atoms with Gasteiger partial charge in [0.2, 0.25) is 0 Å². The van der Waals surface area contributed by atoms with Gasteiger partial charge in [-0.05, 0) is 42.4 Å². The summed E-state index contributed by atoms with van der Waals surface area (Å²) in [7, 11) is 0. The maximum absolute atomic E-state index is 5.67. The topological polar surface area (TPSA) is 21.3 Å². The van der Waals surface area contributed by atoms with E-state index in [1.165, 1.54) is 31.2 Å². The number of rotatable bonds is 7. The van der Waals surface area contributed by atoms with Gasteiger partial charge in [-0.15, -0.1) is 0 Å². The summed E-state index contributed by atoms with van der Waals surface area (Å²) in [6.07, 6.45) is 6.61. The molecule has 0 unspecified atom stereocenters. The van der Waals surface area contributed by atoms with Crippen LogP contribution in [-0.2, 0) is 6.54 Å². The smallest absolute Gasteiger partial charge is 0.119 e. The fourth-order valence-corrected chi connectivity index (χ4v) is 2.88. The lowest BCUT2D eigenvalue weighted by Gasteiger charge is -2.23. The van der Waals surface area contributed by atoms with E-state index >= 15 is 0 Å². The van der Waals surface area contributed by atoms with Gasteiger partial charge >= 0.3 is 0 Å². The molecule has 1 N–H and O–H groups in total. The van der Waals surface area contributed by atoms with Gasteiger partial charge < -0.3 is 10.1 Å². The van der Waals surface area contributed by atoms with Crippen molar-refractivity contribution in [1.82, 2.24) is 5.32 Å². The van der Waals surface area contributed by atoms with Gasteiger partial charge in [0.15, 0.2) is 0 Å². The molecular formula is C17H27NO. The van der Waals surface area contributed by atoms with Crippen LogP contribution in [0.25, 0.3) is 0 Å². The Bertz CT molecular complexity index is 383. The normalized spacial score (nSPS) is 17.6. The van der Waals surface area contributed by atoms with Crippen molar-refractivity contribution in [3.63, 3.8) is 0 Å². The van der Waals surface area contributed by atoms with Gasteiger partial charge in [0.25, 0.3) is 0 Å². The highest BCUT2D eigenvalue weighted by molar-refractivity contribution is 5.28. The molecule has 0 heterocycles. The van der Waals surface area contributed by atoms with Gasteiger partial charge in [0.05, 0.1) is 6.61 Å². The summed E-state index contributed by atoms with van der Waals surface area (Å²) in [5, 5.41) is 3.61. The Morgan fingerprint density at radius 3 is 2.79 bits per heavy atom. The molecule has 19 heavy (non-hydrogen) atoms. The van der Waals surface area contributed by atoms with Crippen LogP contribution in [0.3, 0.4) is 0 Å². The summed E-state index contributed by atoms with van der Waals surface area (Å²) in [6.45, 7) is 7.42. The first kappa shape index (κ1) is 14.4. The second-order valence-corrected chi connectivity index (χ2v) is 6.12. The summed E-state index contributed by atoms with van der Waals surface area (Å²) in [5.74, 6) is 0.994. The van der Waals surface area contributed by atoms with Crippen LogP contribution in [0.5, 0.6) is 5.75 Å². The van der Waals surface area contributed by atoms with Crippen LogP contribution in [0.1, 0.15) is 51.5 Å². The zero-order valence-corrected chi connectivity index (χ0v) is 12.4. The van der Waals surface area contributed by atoms with Gasteiger partial charge in [-0.2, -0.15) is 0 Å². The van der Waals surface area contributed by atoms with E-state index in [0.717, 1.165) is 31.9 Å². The highest BCUT2D eigenvalue weighted by atomic mass is 16.5. The van der Waals surface area contributed by atoms with E-state index in [4.69, 9.17) is 4.74 Å². The van der Waals surface area contributed by atoms with E-state index in [0.29, 0.717) is 5.41 Å². The van der Waals surface area contributed by atoms with Crippen LogP contribution in [0, 0.1) is 5.41 Å². The van der Waals surface area contributed by atoms with E-state index in [2.05, 4.69) is 37.4 Å². The molecule has 0 radical (unpaired) electrons. The van der Waals surface area contributed by atoms with E-state index in [-0.39, 0.29) is 0 Å². The molecule has 2 heteroatoms. The van der Waals surface area contributed by atoms with Crippen molar-refractivity contribution in [2.24, 2.45) is 5.41 Å². The lowest BCUT2D eigenvalue weighted by Crippen LogP contribution is -2.29. The van der Waals surface area contributed by atoms with Crippen LogP contribution in [-0.4, -0.2) is 13.2 Å². The summed E-state index contributed by atoms with van der Waals surface area (Å²) in [5.41, 5.74) is 1.84. The minimum absolute atomic E-state index is 0.524. The fraction of sp³-hybridized carbons (Fsp3) is 0.647. The van der Waals surface area contributed by atoms with Crippen molar-refractivity contribution in [2.45, 2.75) is 52.5 Å². The Kier molecular flexibility index (Phi) is 5.26. The summed E-state index contributed by atoms with van der Waals surface area (Å²) < 4.78 is 5.67. The van der Waals surface area contributed by atoms with E-state index in [9.17, 15) is 0 Å². The number of ether oxygens (including phenoxy) is 1. The molecule has 1 fully saturated rings. The van der Waals surface area contributed by atoms with E-state index in [1.54, 1.807) is 0 Å². The highest BCUT2D eigenvalue weighted by Gasteiger charge is 2.27. The van der Waals surface area contributed by atoms with Crippen LogP contribution in [0.15, 0.2) is 24.3 Å². The second kappa shape index (κ2) is 6.95. The van der Waals surface area contributed by atoms with Gasteiger partial charge in [-0.3, -0.25) is 0 Å². The minimum Gasteiger partial charge on any atom is -0.494 e. The Labute approximate surface area is 117 Å². The molecule has 1 saturated carbocycles. The summed E-state index contributed by atoms with van der Waals surface area (Å²) >= 11 is 0. The Morgan fingerprint density at radius 1 is 1.26 bits per heavy atom. The maximum atomic E-state index is 5.67. The average molecular weight is 261 g/mol. The summed E-state index contributed by atoms with van der Waals surface area (Å²) in [6, 6.07) is 8.44. The first-order valence-corrected chi connectivity index (χ1v) is 7.64. The van der Waals surface area contributed by atoms with Crippen LogP contribution >= 0.6 is 0 Å². The second-order valence-electron chi connectivity index (χ2n) is 6.12. The monoisotopic (exact) mass is 261 g/mol. The molecule has 1 aromatic rings. The van der Waals surface area contributed by atoms with Crippen molar-refractivity contribution >= 4 is 0 Å². The zero-order chi connectivity index (χ0) is 13.6. The Balaban J connectivity index is 1.78. The predicted octanol–water partition coefficient (Wildman–Crippen LogP) is 4.15. The molecule has 0 bridgehead atoms. The SMILES string of the molecule is CCCOc1cccc(CNCC2(C)CCCC2)c1. The van der Waals surface area contributed by atoms with Crippen molar-refractivity contribution in [3.8, 4) is 5.75 Å². The fourth-order valence-electron chi connectivity index (χ4n) is 2.88. The first-order valence-electron chi connectivity index (χ1n) is 7.64. The highest BCUT2D eigenvalue weighted by Crippen LogP contribution is 2.36. The quantitative estimate of drug-likeness (QED) is 0.796. The molecule has 0 atom stereocenters. The molecule has 1 aromatic carbocycles. The van der Waals surface area contributed by atoms with Gasteiger partial charge in [-0.25, -0.2) is 0 Å². The van der Waals surface area contributed by atoms with E-state index in [1.807, 2.05) is 6.07 Å². The maximum Gasteiger partial charge on any atom is 0.119 e. The molecular weight excluding hydrogens is 234 g/mol. The predicted molar refractivity (Wildman–Crippen MR) is 80.5 cm³/mol. The number of benzene rings is 1. The molecule has 0 spiro atoms. The Hall–Kier alpha value is -1.02. The van der Waals surface area contributed by atoms with Crippen LogP contribution in [0.2, 0.25) is 0 Å². The van der Waals surface area contributed by atoms with E-state index < -0.39 is 0 Å². The Morgan fingerprint density at radius 2 is 2.05 bits per heavy atom. The first-order chi connectivity index (χ1) is 9.22. The molecule has 106 valence electrons. The van der Waals surface area contributed by atoms with Gasteiger partial charge in [0, 0.05) is 13.1 Å². The van der Waals surface area contributed by atoms with Crippen LogP contribution in [0.4, 0.5) is 0 Å². The van der Waals surface area contributed by atoms with Crippen molar-refractivity contribution in [1.29, 1.82) is 0 Å². The molecule has 2 rings (SSSR count). The van der Waals surface area contributed by atoms with Crippen molar-refractivity contribution < 1.29 is 4.74 Å². The lowest BCUT2D eigenvalue weighted by molar-refractivity contribution is 0.312. The molecule has 1 aliphatic rings. The third-order valence-corrected chi connectivity index (χ3v) is 4.06. The molecule has 2 nitrogen and oxygen atoms in total. The average Bonchev–Trinajstić information content (AvgIpc) is 2.84. The van der Waals surface area contributed by atoms with Gasteiger partial charge in [0.1, 0.15) is 5.75 Å². The standard InChI is InChI=1S/C17H27NO/c1-3-11-19-16-8-6-7-15(12-16)13-18-14-17(2)9-4-5-10-17/h6-8,12,18H,3-5,9-11,13-14H2,1-2H3. The largest absolute Gasteiger partial charge is 0.494 e. The molecule has 1 aliphatic carbocycles. The minimum atomic E-state index is 0.524. The van der Waals surface area contributed by atoms with Crippen molar-refractivity contribution in [3.05, 3.63) is 29.8 Å². The molecule has 0 aliphatic heterocycles. The van der Waals surface area contributed by atoms with Crippen LogP contribution < -0.4 is 10.1 Å². The molecule has 0 amide bonds. The number of hydrogen-bond donors (Lipinski definition) is 1. The number of hydrogen-bond acceptors (Lipinski definition) is 2. The molecule has 0 saturated heterocycles. The third-order valence-electron chi connectivity index (χ3n) is 4.06. The lowest BCUT2D eigenvalue weighted by atomic mass is 9.89. The third kappa shape index (κ3) is 4.54. The zero-order valence-electron chi connectivity index (χ0n) is 12.4. The van der Waals surface area contributed by atoms with Gasteiger partial charge in [-0.1, -0.05) is 38.8 Å².